The topological polar surface area (TPSA) is 59.2 Å². The molecule has 5 heteroatoms. The maximum absolute atomic E-state index is 13.5. The van der Waals surface area contributed by atoms with E-state index in [4.69, 9.17) is 4.52 Å². The number of aryl methyl sites for hydroxylation is 4. The van der Waals surface area contributed by atoms with Gasteiger partial charge in [0.25, 0.3) is 5.91 Å². The van der Waals surface area contributed by atoms with E-state index in [0.717, 1.165) is 64.1 Å². The molecular formula is C21H23N3O2. The Labute approximate surface area is 153 Å². The lowest BCUT2D eigenvalue weighted by atomic mass is 10.0. The van der Waals surface area contributed by atoms with Crippen molar-refractivity contribution in [2.45, 2.75) is 46.6 Å². The van der Waals surface area contributed by atoms with Crippen molar-refractivity contribution in [1.29, 1.82) is 0 Å². The molecule has 0 N–H and O–H groups in total. The second kappa shape index (κ2) is 6.24. The van der Waals surface area contributed by atoms with Crippen LogP contribution in [0.15, 0.2) is 28.8 Å². The van der Waals surface area contributed by atoms with Crippen LogP contribution in [-0.2, 0) is 0 Å². The third kappa shape index (κ3) is 2.68. The summed E-state index contributed by atoms with van der Waals surface area (Å²) >= 11 is 0. The summed E-state index contributed by atoms with van der Waals surface area (Å²) in [5.41, 5.74) is 5.52. The highest BCUT2D eigenvalue weighted by Crippen LogP contribution is 2.37. The van der Waals surface area contributed by atoms with Crippen molar-refractivity contribution in [3.63, 3.8) is 0 Å². The van der Waals surface area contributed by atoms with Gasteiger partial charge in [-0.1, -0.05) is 16.8 Å². The summed E-state index contributed by atoms with van der Waals surface area (Å²) in [5, 5.41) is 5.00. The minimum Gasteiger partial charge on any atom is -0.361 e. The molecule has 1 unspecified atom stereocenters. The van der Waals surface area contributed by atoms with Crippen LogP contribution < -0.4 is 0 Å². The summed E-state index contributed by atoms with van der Waals surface area (Å²) in [6.45, 7) is 8.60. The first-order valence-electron chi connectivity index (χ1n) is 9.07. The fraction of sp³-hybridized carbons (Fsp3) is 0.381. The summed E-state index contributed by atoms with van der Waals surface area (Å²) in [5.74, 6) is 0.868. The molecule has 1 saturated heterocycles. The van der Waals surface area contributed by atoms with Crippen molar-refractivity contribution in [2.24, 2.45) is 0 Å². The van der Waals surface area contributed by atoms with Crippen molar-refractivity contribution in [3.05, 3.63) is 58.1 Å². The van der Waals surface area contributed by atoms with Gasteiger partial charge in [-0.3, -0.25) is 9.78 Å². The zero-order chi connectivity index (χ0) is 18.4. The van der Waals surface area contributed by atoms with Crippen LogP contribution in [0.5, 0.6) is 0 Å². The lowest BCUT2D eigenvalue weighted by molar-refractivity contribution is 0.0736. The molecule has 4 rings (SSSR count). The van der Waals surface area contributed by atoms with Gasteiger partial charge in [0, 0.05) is 23.2 Å². The molecule has 1 atom stereocenters. The average Bonchev–Trinajstić information content (AvgIpc) is 3.20. The molecule has 0 bridgehead atoms. The SMILES string of the molecule is Cc1ccc2nc(C)cc(C(=O)N3CCCC3c3c(C)noc3C)c2c1. The summed E-state index contributed by atoms with van der Waals surface area (Å²) in [6, 6.07) is 8.01. The van der Waals surface area contributed by atoms with Crippen LogP contribution in [0.4, 0.5) is 0 Å². The largest absolute Gasteiger partial charge is 0.361 e. The molecule has 1 amide bonds. The molecular weight excluding hydrogens is 326 g/mol. The Morgan fingerprint density at radius 3 is 2.73 bits per heavy atom. The Morgan fingerprint density at radius 2 is 2.00 bits per heavy atom. The first kappa shape index (κ1) is 16.8. The number of carbonyl (C=O) groups is 1. The van der Waals surface area contributed by atoms with Crippen molar-refractivity contribution in [1.82, 2.24) is 15.0 Å². The van der Waals surface area contributed by atoms with Gasteiger partial charge in [0.1, 0.15) is 5.76 Å². The Kier molecular flexibility index (Phi) is 4.02. The first-order chi connectivity index (χ1) is 12.5. The number of rotatable bonds is 2. The van der Waals surface area contributed by atoms with Crippen molar-refractivity contribution >= 4 is 16.8 Å². The van der Waals surface area contributed by atoms with Crippen molar-refractivity contribution < 1.29 is 9.32 Å². The molecule has 1 aromatic carbocycles. The molecule has 2 aromatic heterocycles. The van der Waals surface area contributed by atoms with Gasteiger partial charge in [-0.25, -0.2) is 0 Å². The van der Waals surface area contributed by atoms with E-state index >= 15 is 0 Å². The molecule has 1 aliphatic rings. The van der Waals surface area contributed by atoms with E-state index < -0.39 is 0 Å². The third-order valence-electron chi connectivity index (χ3n) is 5.26. The first-order valence-corrected chi connectivity index (χ1v) is 9.07. The maximum atomic E-state index is 13.5. The number of likely N-dealkylation sites (tertiary alicyclic amines) is 1. The highest BCUT2D eigenvalue weighted by molar-refractivity contribution is 6.06. The molecule has 0 saturated carbocycles. The van der Waals surface area contributed by atoms with Crippen LogP contribution in [0.2, 0.25) is 0 Å². The number of nitrogens with zero attached hydrogens (tertiary/aromatic N) is 3. The normalized spacial score (nSPS) is 17.2. The van der Waals surface area contributed by atoms with Crippen LogP contribution in [0.25, 0.3) is 10.9 Å². The van der Waals surface area contributed by atoms with Gasteiger partial charge in [-0.05, 0) is 58.7 Å². The van der Waals surface area contributed by atoms with E-state index in [2.05, 4.69) is 16.2 Å². The van der Waals surface area contributed by atoms with Gasteiger partial charge in [-0.2, -0.15) is 0 Å². The number of fused-ring (bicyclic) bond motifs is 1. The third-order valence-corrected chi connectivity index (χ3v) is 5.26. The number of aromatic nitrogens is 2. The highest BCUT2D eigenvalue weighted by Gasteiger charge is 2.34. The van der Waals surface area contributed by atoms with Crippen LogP contribution >= 0.6 is 0 Å². The van der Waals surface area contributed by atoms with Gasteiger partial charge >= 0.3 is 0 Å². The lowest BCUT2D eigenvalue weighted by Crippen LogP contribution is -2.31. The monoisotopic (exact) mass is 349 g/mol. The zero-order valence-corrected chi connectivity index (χ0v) is 15.7. The van der Waals surface area contributed by atoms with E-state index in [0.29, 0.717) is 0 Å². The average molecular weight is 349 g/mol. The molecule has 5 nitrogen and oxygen atoms in total. The van der Waals surface area contributed by atoms with Crippen LogP contribution in [0.3, 0.4) is 0 Å². The maximum Gasteiger partial charge on any atom is 0.255 e. The predicted octanol–water partition coefficient (Wildman–Crippen LogP) is 4.43. The Balaban J connectivity index is 1.80. The molecule has 3 heterocycles. The number of benzene rings is 1. The van der Waals surface area contributed by atoms with Crippen LogP contribution in [0.1, 0.15) is 57.5 Å². The number of carbonyl (C=O) groups excluding carboxylic acids is 1. The van der Waals surface area contributed by atoms with Crippen LogP contribution in [-0.4, -0.2) is 27.5 Å². The molecule has 3 aromatic rings. The Morgan fingerprint density at radius 1 is 1.19 bits per heavy atom. The van der Waals surface area contributed by atoms with Gasteiger partial charge in [0.05, 0.1) is 22.8 Å². The summed E-state index contributed by atoms with van der Waals surface area (Å²) < 4.78 is 5.35. The van der Waals surface area contributed by atoms with Gasteiger partial charge in [0.2, 0.25) is 0 Å². The highest BCUT2D eigenvalue weighted by atomic mass is 16.5. The summed E-state index contributed by atoms with van der Waals surface area (Å²) in [6.07, 6.45) is 1.93. The van der Waals surface area contributed by atoms with Crippen molar-refractivity contribution in [2.75, 3.05) is 6.54 Å². The Bertz CT molecular complexity index is 986. The standard InChI is InChI=1S/C21H23N3O2/c1-12-7-8-18-16(10-12)17(11-13(2)22-18)21(25)24-9-5-6-19(24)20-14(3)23-26-15(20)4/h7-8,10-11,19H,5-6,9H2,1-4H3. The molecule has 0 aliphatic carbocycles. The fourth-order valence-electron chi connectivity index (χ4n) is 4.08. The number of amides is 1. The smallest absolute Gasteiger partial charge is 0.255 e. The van der Waals surface area contributed by atoms with E-state index in [1.165, 1.54) is 0 Å². The fourth-order valence-corrected chi connectivity index (χ4v) is 4.08. The molecule has 26 heavy (non-hydrogen) atoms. The van der Waals surface area contributed by atoms with Crippen molar-refractivity contribution in [3.8, 4) is 0 Å². The lowest BCUT2D eigenvalue weighted by Gasteiger charge is -2.25. The van der Waals surface area contributed by atoms with E-state index in [-0.39, 0.29) is 11.9 Å². The second-order valence-electron chi connectivity index (χ2n) is 7.23. The molecule has 1 fully saturated rings. The van der Waals surface area contributed by atoms with Gasteiger partial charge in [-0.15, -0.1) is 0 Å². The van der Waals surface area contributed by atoms with E-state index in [1.54, 1.807) is 0 Å². The van der Waals surface area contributed by atoms with E-state index in [9.17, 15) is 4.79 Å². The minimum absolute atomic E-state index is 0.0297. The number of hydrogen-bond acceptors (Lipinski definition) is 4. The van der Waals surface area contributed by atoms with Crippen LogP contribution in [0, 0.1) is 27.7 Å². The molecule has 1 aliphatic heterocycles. The summed E-state index contributed by atoms with van der Waals surface area (Å²) in [4.78, 5) is 20.1. The predicted molar refractivity (Wildman–Crippen MR) is 100 cm³/mol. The molecule has 134 valence electrons. The molecule has 0 spiro atoms. The van der Waals surface area contributed by atoms with Gasteiger partial charge in [0.15, 0.2) is 0 Å². The number of pyridine rings is 1. The molecule has 0 radical (unpaired) electrons. The Hall–Kier alpha value is -2.69. The zero-order valence-electron chi connectivity index (χ0n) is 15.7. The minimum atomic E-state index is 0.0297. The quantitative estimate of drug-likeness (QED) is 0.686. The van der Waals surface area contributed by atoms with E-state index in [1.807, 2.05) is 50.8 Å². The second-order valence-corrected chi connectivity index (χ2v) is 7.23. The number of hydrogen-bond donors (Lipinski definition) is 0. The summed E-state index contributed by atoms with van der Waals surface area (Å²) in [7, 11) is 0. The van der Waals surface area contributed by atoms with Gasteiger partial charge < -0.3 is 9.42 Å².